The van der Waals surface area contributed by atoms with Crippen molar-refractivity contribution in [2.24, 2.45) is 20.5 Å². The molecule has 0 radical (unpaired) electrons. The number of unbranched alkanes of at least 4 members (excludes halogenated alkanes) is 1. The van der Waals surface area contributed by atoms with Crippen LogP contribution in [-0.2, 0) is 43.8 Å². The highest BCUT2D eigenvalue weighted by Crippen LogP contribution is 2.50. The van der Waals surface area contributed by atoms with Crippen molar-refractivity contribution < 1.29 is 65.1 Å². The Labute approximate surface area is 303 Å². The van der Waals surface area contributed by atoms with E-state index in [4.69, 9.17) is 16.2 Å². The number of nitrogens with two attached hydrogens (primary N) is 1. The van der Waals surface area contributed by atoms with Crippen LogP contribution >= 0.6 is 24.1 Å². The minimum atomic E-state index is -5.15. The van der Waals surface area contributed by atoms with Gasteiger partial charge in [-0.15, -0.1) is 29.1 Å². The molecule has 4 aromatic rings. The van der Waals surface area contributed by atoms with Gasteiger partial charge >= 0.3 is 0 Å². The quantitative estimate of drug-likeness (QED) is 0.0142. The zero-order valence-corrected chi connectivity index (χ0v) is 29.9. The first-order valence-electron chi connectivity index (χ1n) is 14.3. The van der Waals surface area contributed by atoms with Crippen molar-refractivity contribution in [2.45, 2.75) is 52.7 Å². The Bertz CT molecular complexity index is 2270. The fourth-order valence-electron chi connectivity index (χ4n) is 4.50. The molecule has 20 nitrogen and oxygen atoms in total. The van der Waals surface area contributed by atoms with E-state index in [2.05, 4.69) is 44.5 Å². The third-order valence-corrected chi connectivity index (χ3v) is 9.83. The summed E-state index contributed by atoms with van der Waals surface area (Å²) in [6.45, 7) is 3.48. The van der Waals surface area contributed by atoms with E-state index in [-0.39, 0.29) is 55.6 Å². The fourth-order valence-corrected chi connectivity index (χ4v) is 6.78. The van der Waals surface area contributed by atoms with Crippen LogP contribution < -0.4 is 11.1 Å². The van der Waals surface area contributed by atoms with Gasteiger partial charge in [-0.25, -0.2) is 10.5 Å². The lowest BCUT2D eigenvalue weighted by atomic mass is 10.1. The summed E-state index contributed by atoms with van der Waals surface area (Å²) >= 11 is 0.743. The molecule has 0 aromatic heterocycles. The fraction of sp³-hybridized carbons (Fsp3) is 0.179. The third-order valence-electron chi connectivity index (χ3n) is 6.81. The smallest absolute Gasteiger partial charge is 0.296 e. The van der Waals surface area contributed by atoms with Crippen molar-refractivity contribution in [3.05, 3.63) is 54.1 Å². The molecule has 8 N–H and O–H groups in total. The van der Waals surface area contributed by atoms with Crippen LogP contribution in [0.2, 0.25) is 0 Å². The van der Waals surface area contributed by atoms with Crippen molar-refractivity contribution in [3.8, 4) is 5.75 Å². The number of anilines is 2. The number of nitrogens with zero attached hydrogens (tertiary/aromatic N) is 4. The summed E-state index contributed by atoms with van der Waals surface area (Å²) in [5.41, 5.74) is 5.09. The van der Waals surface area contributed by atoms with Gasteiger partial charge in [0, 0.05) is 12.1 Å². The molecule has 0 saturated carbocycles. The minimum absolute atomic E-state index is 0.0979. The van der Waals surface area contributed by atoms with Gasteiger partial charge in [0.1, 0.15) is 32.5 Å². The average Bonchev–Trinajstić information content (AvgIpc) is 3.08. The molecule has 0 aliphatic rings. The zero-order valence-electron chi connectivity index (χ0n) is 26.6. The number of carbonyl (C=O) groups excluding carboxylic acids is 1. The molecular weight excluding hydrogens is 773 g/mol. The molecule has 0 spiro atoms. The van der Waals surface area contributed by atoms with Crippen LogP contribution in [0.25, 0.3) is 10.8 Å². The predicted molar refractivity (Wildman–Crippen MR) is 185 cm³/mol. The summed E-state index contributed by atoms with van der Waals surface area (Å²) in [6.07, 6.45) is 1.62. The van der Waals surface area contributed by atoms with E-state index in [0.29, 0.717) is 36.1 Å². The Morgan fingerprint density at radius 1 is 0.827 bits per heavy atom. The third kappa shape index (κ3) is 9.97. The first kappa shape index (κ1) is 40.5. The van der Waals surface area contributed by atoms with E-state index in [0.717, 1.165) is 24.6 Å². The number of carbonyl (C=O) groups is 1. The molecule has 0 aliphatic carbocycles. The molecular formula is C28H28N6O14S4. The van der Waals surface area contributed by atoms with E-state index < -0.39 is 47.2 Å². The lowest BCUT2D eigenvalue weighted by Gasteiger charge is -2.14. The van der Waals surface area contributed by atoms with Gasteiger partial charge in [-0.1, -0.05) is 29.5 Å². The van der Waals surface area contributed by atoms with E-state index >= 15 is 0 Å². The number of hydrogen-bond donors (Lipinski definition) is 7. The molecule has 0 bridgehead atoms. The number of azo groups is 2. The maximum absolute atomic E-state index is 12.5. The lowest BCUT2D eigenvalue weighted by molar-refractivity contribution is -0.432. The average molecular weight is 801 g/mol. The molecule has 0 fully saturated rings. The second-order valence-corrected chi connectivity index (χ2v) is 14.7. The Balaban J connectivity index is 1.94. The van der Waals surface area contributed by atoms with Crippen molar-refractivity contribution in [2.75, 3.05) is 11.1 Å². The Morgan fingerprint density at radius 2 is 1.46 bits per heavy atom. The molecule has 24 heteroatoms. The van der Waals surface area contributed by atoms with Gasteiger partial charge in [0.05, 0.1) is 45.0 Å². The highest BCUT2D eigenvalue weighted by Gasteiger charge is 2.26. The first-order valence-corrected chi connectivity index (χ1v) is 18.7. The second-order valence-electron chi connectivity index (χ2n) is 10.4. The molecule has 0 unspecified atom stereocenters. The zero-order chi connectivity index (χ0) is 38.2. The van der Waals surface area contributed by atoms with Crippen LogP contribution in [-0.4, -0.2) is 47.5 Å². The number of aryl methyl sites for hydroxylation is 1. The number of rotatable bonds is 16. The van der Waals surface area contributed by atoms with Crippen LogP contribution in [0.3, 0.4) is 0 Å². The number of nitrogen functional groups attached to an aromatic ring is 1. The Kier molecular flexibility index (Phi) is 13.6. The second kappa shape index (κ2) is 17.5. The number of phenolic OH excluding ortho intramolecular Hbond substituents is 1. The van der Waals surface area contributed by atoms with Gasteiger partial charge < -0.3 is 16.2 Å². The monoisotopic (exact) mass is 800 g/mol. The summed E-state index contributed by atoms with van der Waals surface area (Å²) in [5.74, 6) is -1.25. The largest absolute Gasteiger partial charge is 0.505 e. The van der Waals surface area contributed by atoms with Crippen LogP contribution in [0.1, 0.15) is 31.7 Å². The maximum Gasteiger partial charge on any atom is 0.296 e. The highest BCUT2D eigenvalue weighted by atomic mass is 32.2. The maximum atomic E-state index is 12.5. The Morgan fingerprint density at radius 3 is 2.10 bits per heavy atom. The van der Waals surface area contributed by atoms with Crippen molar-refractivity contribution in [1.82, 2.24) is 0 Å². The van der Waals surface area contributed by atoms with Gasteiger partial charge in [-0.3, -0.25) is 13.9 Å². The van der Waals surface area contributed by atoms with Crippen LogP contribution in [0.15, 0.2) is 88.6 Å². The van der Waals surface area contributed by atoms with Crippen LogP contribution in [0, 0.1) is 6.92 Å². The normalized spacial score (nSPS) is 12.3. The predicted octanol–water partition coefficient (Wildman–Crippen LogP) is 7.75. The first-order chi connectivity index (χ1) is 24.6. The summed E-state index contributed by atoms with van der Waals surface area (Å²) in [7, 11) is -9.92. The van der Waals surface area contributed by atoms with Crippen molar-refractivity contribution in [3.63, 3.8) is 0 Å². The van der Waals surface area contributed by atoms with Gasteiger partial charge in [-0.2, -0.15) is 16.8 Å². The van der Waals surface area contributed by atoms with Gasteiger partial charge in [-0.05, 0) is 66.8 Å². The summed E-state index contributed by atoms with van der Waals surface area (Å²) < 4.78 is 77.9. The SMILES string of the molecule is CCCCC(=O)Nc1ccc(SOOO)c(N=Nc2c(S(=O)(=O)O)cc3cc(SOOO)c(N=Nc4ccc(C)cc4S(=O)(=O)O)c(N)c3c2O)c1. The lowest BCUT2D eigenvalue weighted by Crippen LogP contribution is -2.10. The van der Waals surface area contributed by atoms with Crippen molar-refractivity contribution in [1.29, 1.82) is 0 Å². The van der Waals surface area contributed by atoms with Gasteiger partial charge in [0.2, 0.25) is 5.91 Å². The number of aromatic hydroxyl groups is 1. The molecule has 278 valence electrons. The summed E-state index contributed by atoms with van der Waals surface area (Å²) in [4.78, 5) is 10.8. The number of nitrogens with one attached hydrogen (secondary N) is 1. The summed E-state index contributed by atoms with van der Waals surface area (Å²) in [6, 6.07) is 10.0. The number of hydrogen-bond acceptors (Lipinski definition) is 19. The number of fused-ring (bicyclic) bond motifs is 1. The Hall–Kier alpha value is -4.31. The van der Waals surface area contributed by atoms with Crippen LogP contribution in [0.4, 0.5) is 34.1 Å². The van der Waals surface area contributed by atoms with E-state index in [1.165, 1.54) is 30.3 Å². The minimum Gasteiger partial charge on any atom is -0.505 e. The van der Waals surface area contributed by atoms with Crippen molar-refractivity contribution >= 4 is 95.1 Å². The molecule has 4 rings (SSSR count). The molecule has 4 aromatic carbocycles. The highest BCUT2D eigenvalue weighted by molar-refractivity contribution is 7.95. The molecule has 0 saturated heterocycles. The standard InChI is InChI=1S/C28H28N6O14S4/c1-3-4-5-23(35)30-16-7-9-19(49-47-45-37)18(13-16)32-34-27-22(52(42,43)44)12-15-11-20(50-48-46-38)26(25(29)24(15)28(27)36)33-31-17-8-6-14(2)10-21(17)51(39,40)41/h6-13,36-38H,3-5,29H2,1-2H3,(H,30,35)(H,39,40,41)(H,42,43,44). The molecule has 0 atom stereocenters. The van der Waals surface area contributed by atoms with E-state index in [1.54, 1.807) is 6.92 Å². The molecule has 0 heterocycles. The molecule has 0 aliphatic heterocycles. The van der Waals surface area contributed by atoms with Crippen LogP contribution in [0.5, 0.6) is 5.75 Å². The van der Waals surface area contributed by atoms with E-state index in [1.807, 2.05) is 6.92 Å². The number of amides is 1. The topological polar surface area (TPSA) is 311 Å². The number of benzene rings is 4. The molecule has 52 heavy (non-hydrogen) atoms. The van der Waals surface area contributed by atoms with Gasteiger partial charge in [0.25, 0.3) is 20.2 Å². The molecule has 1 amide bonds. The van der Waals surface area contributed by atoms with Gasteiger partial charge in [0.15, 0.2) is 5.75 Å². The van der Waals surface area contributed by atoms with E-state index in [9.17, 15) is 35.8 Å². The summed E-state index contributed by atoms with van der Waals surface area (Å²) in [5, 5.41) is 54.1. The number of phenols is 1.